The summed E-state index contributed by atoms with van der Waals surface area (Å²) in [5.41, 5.74) is 1.94. The molecule has 2 aromatic carbocycles. The van der Waals surface area contributed by atoms with Crippen molar-refractivity contribution in [2.24, 2.45) is 0 Å². The zero-order valence-electron chi connectivity index (χ0n) is 23.2. The smallest absolute Gasteiger partial charge is 0.295 e. The van der Waals surface area contributed by atoms with Crippen LogP contribution in [0.4, 0.5) is 0 Å². The Bertz CT molecular complexity index is 1220. The molecule has 2 heterocycles. The molecule has 2 aliphatic rings. The van der Waals surface area contributed by atoms with Crippen LogP contribution in [0.2, 0.25) is 0 Å². The zero-order chi connectivity index (χ0) is 27.9. The molecule has 39 heavy (non-hydrogen) atoms. The second-order valence-corrected chi connectivity index (χ2v) is 9.74. The van der Waals surface area contributed by atoms with E-state index in [1.165, 1.54) is 7.11 Å². The van der Waals surface area contributed by atoms with Crippen molar-refractivity contribution in [3.63, 3.8) is 0 Å². The molecule has 0 aromatic heterocycles. The number of hydrogen-bond acceptors (Lipinski definition) is 8. The number of aliphatic hydroxyl groups is 1. The lowest BCUT2D eigenvalue weighted by molar-refractivity contribution is -0.140. The number of benzene rings is 2. The van der Waals surface area contributed by atoms with Crippen LogP contribution in [0.3, 0.4) is 0 Å². The summed E-state index contributed by atoms with van der Waals surface area (Å²) in [5.74, 6) is 0.157. The van der Waals surface area contributed by atoms with Gasteiger partial charge in [-0.05, 0) is 61.2 Å². The highest BCUT2D eigenvalue weighted by Gasteiger charge is 2.46. The number of nitrogens with zero attached hydrogens (tertiary/aromatic N) is 2. The summed E-state index contributed by atoms with van der Waals surface area (Å²) < 4.78 is 22.0. The third-order valence-electron chi connectivity index (χ3n) is 7.17. The molecule has 2 aromatic rings. The maximum Gasteiger partial charge on any atom is 0.295 e. The molecule has 2 aliphatic heterocycles. The highest BCUT2D eigenvalue weighted by Crippen LogP contribution is 2.42. The first-order valence-corrected chi connectivity index (χ1v) is 13.4. The van der Waals surface area contributed by atoms with Gasteiger partial charge in [0.15, 0.2) is 11.5 Å². The first kappa shape index (κ1) is 28.4. The van der Waals surface area contributed by atoms with E-state index in [1.807, 2.05) is 19.9 Å². The van der Waals surface area contributed by atoms with Crippen LogP contribution in [-0.2, 0) is 14.3 Å². The quantitative estimate of drug-likeness (QED) is 0.261. The van der Waals surface area contributed by atoms with Crippen molar-refractivity contribution in [1.82, 2.24) is 9.80 Å². The normalized spacial score (nSPS) is 19.4. The molecule has 9 nitrogen and oxygen atoms in total. The van der Waals surface area contributed by atoms with E-state index in [0.29, 0.717) is 61.2 Å². The molecule has 0 unspecified atom stereocenters. The molecule has 0 radical (unpaired) electrons. The minimum atomic E-state index is -0.773. The van der Waals surface area contributed by atoms with Crippen molar-refractivity contribution in [2.75, 3.05) is 60.2 Å². The van der Waals surface area contributed by atoms with Crippen molar-refractivity contribution in [3.05, 3.63) is 58.7 Å². The Morgan fingerprint density at radius 3 is 2.44 bits per heavy atom. The van der Waals surface area contributed by atoms with Gasteiger partial charge in [-0.3, -0.25) is 14.5 Å². The van der Waals surface area contributed by atoms with Crippen LogP contribution in [0, 0.1) is 6.92 Å². The van der Waals surface area contributed by atoms with Crippen LogP contribution < -0.4 is 14.2 Å². The monoisotopic (exact) mass is 538 g/mol. The summed E-state index contributed by atoms with van der Waals surface area (Å²) in [5, 5.41) is 11.5. The van der Waals surface area contributed by atoms with Gasteiger partial charge in [0.25, 0.3) is 11.7 Å². The first-order chi connectivity index (χ1) is 18.9. The number of ketones is 1. The maximum atomic E-state index is 13.5. The molecule has 0 saturated carbocycles. The van der Waals surface area contributed by atoms with Gasteiger partial charge in [-0.1, -0.05) is 13.0 Å². The second kappa shape index (κ2) is 13.0. The molecular weight excluding hydrogens is 500 g/mol. The van der Waals surface area contributed by atoms with Crippen LogP contribution in [0.25, 0.3) is 5.76 Å². The number of ether oxygens (including phenoxy) is 4. The van der Waals surface area contributed by atoms with Gasteiger partial charge in [-0.2, -0.15) is 0 Å². The molecule has 0 spiro atoms. The summed E-state index contributed by atoms with van der Waals surface area (Å²) in [7, 11) is 3.08. The van der Waals surface area contributed by atoms with Gasteiger partial charge in [0, 0.05) is 31.7 Å². The van der Waals surface area contributed by atoms with Crippen molar-refractivity contribution in [1.29, 1.82) is 0 Å². The largest absolute Gasteiger partial charge is 0.507 e. The summed E-state index contributed by atoms with van der Waals surface area (Å²) in [4.78, 5) is 30.7. The predicted octanol–water partition coefficient (Wildman–Crippen LogP) is 3.95. The third-order valence-corrected chi connectivity index (χ3v) is 7.17. The van der Waals surface area contributed by atoms with E-state index in [2.05, 4.69) is 4.90 Å². The molecule has 9 heteroatoms. The molecule has 0 aliphatic carbocycles. The number of methoxy groups -OCH3 is 2. The SMILES string of the molecule is CCCOc1ccc(C(O)=C2C(=O)C(=O)N(CCCN3CCOCC3)[C@@H]2c2ccc(OC)c(OC)c2)c(C)c1. The molecule has 2 fully saturated rings. The molecular formula is C30H38N2O7. The summed E-state index contributed by atoms with van der Waals surface area (Å²) >= 11 is 0. The van der Waals surface area contributed by atoms with E-state index in [1.54, 1.807) is 42.3 Å². The fourth-order valence-corrected chi connectivity index (χ4v) is 5.13. The highest BCUT2D eigenvalue weighted by molar-refractivity contribution is 6.46. The maximum absolute atomic E-state index is 13.5. The topological polar surface area (TPSA) is 97.8 Å². The number of carbonyl (C=O) groups is 2. The predicted molar refractivity (Wildman–Crippen MR) is 147 cm³/mol. The van der Waals surface area contributed by atoms with Crippen LogP contribution >= 0.6 is 0 Å². The van der Waals surface area contributed by atoms with E-state index < -0.39 is 17.7 Å². The van der Waals surface area contributed by atoms with Crippen LogP contribution in [0.5, 0.6) is 17.2 Å². The van der Waals surface area contributed by atoms with Gasteiger partial charge in [-0.25, -0.2) is 0 Å². The fraction of sp³-hybridized carbons (Fsp3) is 0.467. The Balaban J connectivity index is 1.72. The molecule has 210 valence electrons. The standard InChI is InChI=1S/C30H38N2O7/c1-5-15-39-22-8-9-23(20(2)18-22)28(33)26-27(21-7-10-24(36-3)25(19-21)37-4)32(30(35)29(26)34)12-6-11-31-13-16-38-17-14-31/h7-10,18-19,27,33H,5-6,11-17H2,1-4H3/t27-/m1/s1. The number of Topliss-reactive ketones (excluding diaryl/α,β-unsaturated/α-hetero) is 1. The Kier molecular flexibility index (Phi) is 9.48. The van der Waals surface area contributed by atoms with E-state index >= 15 is 0 Å². The lowest BCUT2D eigenvalue weighted by Gasteiger charge is -2.29. The van der Waals surface area contributed by atoms with E-state index in [0.717, 1.165) is 31.6 Å². The Labute approximate surface area is 229 Å². The number of aliphatic hydroxyl groups excluding tert-OH is 1. The molecule has 4 rings (SSSR count). The summed E-state index contributed by atoms with van der Waals surface area (Å²) in [6.45, 7) is 8.67. The van der Waals surface area contributed by atoms with Crippen LogP contribution in [0.15, 0.2) is 42.0 Å². The van der Waals surface area contributed by atoms with Crippen molar-refractivity contribution >= 4 is 17.4 Å². The van der Waals surface area contributed by atoms with E-state index in [9.17, 15) is 14.7 Å². The Morgan fingerprint density at radius 2 is 1.77 bits per heavy atom. The number of morpholine rings is 1. The fourth-order valence-electron chi connectivity index (χ4n) is 5.13. The number of hydrogen-bond donors (Lipinski definition) is 1. The average molecular weight is 539 g/mol. The van der Waals surface area contributed by atoms with Crippen molar-refractivity contribution in [3.8, 4) is 17.2 Å². The molecule has 1 amide bonds. The lowest BCUT2D eigenvalue weighted by Crippen LogP contribution is -2.39. The number of aryl methyl sites for hydroxylation is 1. The van der Waals surface area contributed by atoms with E-state index in [-0.39, 0.29) is 11.3 Å². The van der Waals surface area contributed by atoms with Gasteiger partial charge in [0.2, 0.25) is 0 Å². The van der Waals surface area contributed by atoms with Gasteiger partial charge >= 0.3 is 0 Å². The average Bonchev–Trinajstić information content (AvgIpc) is 3.21. The number of carbonyl (C=O) groups excluding carboxylic acids is 2. The minimum Gasteiger partial charge on any atom is -0.507 e. The molecule has 1 N–H and O–H groups in total. The number of rotatable bonds is 11. The van der Waals surface area contributed by atoms with Gasteiger partial charge in [0.05, 0.1) is 45.7 Å². The second-order valence-electron chi connectivity index (χ2n) is 9.74. The third kappa shape index (κ3) is 6.20. The van der Waals surface area contributed by atoms with Gasteiger partial charge in [0.1, 0.15) is 11.5 Å². The van der Waals surface area contributed by atoms with Crippen LogP contribution in [0.1, 0.15) is 42.5 Å². The van der Waals surface area contributed by atoms with Crippen molar-refractivity contribution < 1.29 is 33.6 Å². The van der Waals surface area contributed by atoms with E-state index in [4.69, 9.17) is 18.9 Å². The van der Waals surface area contributed by atoms with Gasteiger partial charge in [-0.15, -0.1) is 0 Å². The molecule has 0 bridgehead atoms. The first-order valence-electron chi connectivity index (χ1n) is 13.4. The number of likely N-dealkylation sites (tertiary alicyclic amines) is 1. The van der Waals surface area contributed by atoms with Gasteiger partial charge < -0.3 is 29.0 Å². The van der Waals surface area contributed by atoms with Crippen molar-refractivity contribution in [2.45, 2.75) is 32.7 Å². The Hall–Kier alpha value is -3.56. The summed E-state index contributed by atoms with van der Waals surface area (Å²) in [6.07, 6.45) is 1.56. The highest BCUT2D eigenvalue weighted by atomic mass is 16.5. The lowest BCUT2D eigenvalue weighted by atomic mass is 9.93. The number of amides is 1. The summed E-state index contributed by atoms with van der Waals surface area (Å²) in [6, 6.07) is 9.85. The molecule has 2 saturated heterocycles. The Morgan fingerprint density at radius 1 is 1.03 bits per heavy atom. The minimum absolute atomic E-state index is 0.0592. The molecule has 1 atom stereocenters. The van der Waals surface area contributed by atoms with Crippen LogP contribution in [-0.4, -0.2) is 86.8 Å². The zero-order valence-corrected chi connectivity index (χ0v) is 23.2.